The molecular formula is C24H33FN2O2Si. The van der Waals surface area contributed by atoms with Crippen LogP contribution in [0.25, 0.3) is 11.0 Å². The molecule has 0 atom stereocenters. The number of aromatic hydroxyl groups is 1. The van der Waals surface area contributed by atoms with Gasteiger partial charge in [-0.25, -0.2) is 9.37 Å². The number of pyridine rings is 1. The van der Waals surface area contributed by atoms with Crippen LogP contribution in [0, 0.1) is 5.82 Å². The number of halogens is 1. The van der Waals surface area contributed by atoms with Crippen molar-refractivity contribution in [1.82, 2.24) is 9.22 Å². The molecule has 0 spiro atoms. The Balaban J connectivity index is 2.23. The SMILES string of the molecule is COc1cc(Cc2cn([Si](C(C)C)(C(C)C)C(C)C)c3ncccc23)c(F)cc1O. The van der Waals surface area contributed by atoms with Gasteiger partial charge in [-0.15, -0.1) is 0 Å². The minimum Gasteiger partial charge on any atom is -0.504 e. The summed E-state index contributed by atoms with van der Waals surface area (Å²) >= 11 is 0. The van der Waals surface area contributed by atoms with E-state index in [1.165, 1.54) is 7.11 Å². The Morgan fingerprint density at radius 2 is 1.70 bits per heavy atom. The molecule has 0 aliphatic carbocycles. The topological polar surface area (TPSA) is 47.3 Å². The first-order valence-corrected chi connectivity index (χ1v) is 12.8. The third-order valence-electron chi connectivity index (χ3n) is 6.57. The Bertz CT molecular complexity index is 1020. The van der Waals surface area contributed by atoms with Gasteiger partial charge in [0, 0.05) is 30.3 Å². The van der Waals surface area contributed by atoms with Crippen LogP contribution in [-0.4, -0.2) is 29.7 Å². The molecule has 0 fully saturated rings. The summed E-state index contributed by atoms with van der Waals surface area (Å²) in [5.74, 6) is -0.338. The molecule has 0 radical (unpaired) electrons. The fourth-order valence-electron chi connectivity index (χ4n) is 5.49. The van der Waals surface area contributed by atoms with Crippen LogP contribution >= 0.6 is 0 Å². The maximum Gasteiger partial charge on any atom is 0.171 e. The number of hydrogen-bond acceptors (Lipinski definition) is 3. The highest BCUT2D eigenvalue weighted by molar-refractivity contribution is 6.82. The van der Waals surface area contributed by atoms with Crippen molar-refractivity contribution in [2.24, 2.45) is 0 Å². The van der Waals surface area contributed by atoms with Crippen molar-refractivity contribution < 1.29 is 14.2 Å². The van der Waals surface area contributed by atoms with E-state index in [0.29, 0.717) is 28.6 Å². The van der Waals surface area contributed by atoms with Crippen LogP contribution in [0.3, 0.4) is 0 Å². The number of aromatic nitrogens is 2. The molecule has 0 saturated carbocycles. The first kappa shape index (κ1) is 22.3. The summed E-state index contributed by atoms with van der Waals surface area (Å²) in [4.78, 5) is 4.77. The summed E-state index contributed by atoms with van der Waals surface area (Å²) in [5.41, 5.74) is 4.10. The van der Waals surface area contributed by atoms with Gasteiger partial charge in [0.2, 0.25) is 0 Å². The van der Waals surface area contributed by atoms with Crippen LogP contribution in [0.2, 0.25) is 16.6 Å². The summed E-state index contributed by atoms with van der Waals surface area (Å²) in [6.07, 6.45) is 4.46. The van der Waals surface area contributed by atoms with Crippen molar-refractivity contribution in [3.05, 3.63) is 53.6 Å². The minimum absolute atomic E-state index is 0.186. The largest absolute Gasteiger partial charge is 0.504 e. The standard InChI is InChI=1S/C24H33FN2O2Si/c1-15(2)30(16(3)4,17(5)6)27-14-19(20-9-8-10-26-24(20)27)11-18-12-23(29-7)22(28)13-21(18)25/h8-10,12-17,28H,11H2,1-7H3. The van der Waals surface area contributed by atoms with Crippen molar-refractivity contribution in [3.8, 4) is 11.5 Å². The molecule has 0 bridgehead atoms. The molecule has 1 N–H and O–H groups in total. The van der Waals surface area contributed by atoms with Crippen molar-refractivity contribution in [3.63, 3.8) is 0 Å². The van der Waals surface area contributed by atoms with Crippen LogP contribution in [0.15, 0.2) is 36.7 Å². The van der Waals surface area contributed by atoms with Crippen LogP contribution < -0.4 is 4.74 Å². The van der Waals surface area contributed by atoms with Crippen molar-refractivity contribution in [1.29, 1.82) is 0 Å². The van der Waals surface area contributed by atoms with E-state index in [9.17, 15) is 9.50 Å². The second-order valence-corrected chi connectivity index (χ2v) is 14.8. The van der Waals surface area contributed by atoms with E-state index < -0.39 is 14.1 Å². The van der Waals surface area contributed by atoms with E-state index in [2.05, 4.69) is 58.0 Å². The number of ether oxygens (including phenoxy) is 1. The molecule has 6 heteroatoms. The van der Waals surface area contributed by atoms with Gasteiger partial charge in [0.1, 0.15) is 11.5 Å². The average Bonchev–Trinajstić information content (AvgIpc) is 3.02. The van der Waals surface area contributed by atoms with Crippen molar-refractivity contribution in [2.45, 2.75) is 64.6 Å². The van der Waals surface area contributed by atoms with Gasteiger partial charge in [0.05, 0.1) is 7.11 Å². The van der Waals surface area contributed by atoms with Gasteiger partial charge in [-0.3, -0.25) is 0 Å². The third-order valence-corrected chi connectivity index (χ3v) is 13.3. The zero-order valence-corrected chi connectivity index (χ0v) is 20.0. The molecule has 2 aromatic heterocycles. The fraction of sp³-hybridized carbons (Fsp3) is 0.458. The highest BCUT2D eigenvalue weighted by Gasteiger charge is 2.46. The second-order valence-electron chi connectivity index (χ2n) is 9.04. The summed E-state index contributed by atoms with van der Waals surface area (Å²) in [7, 11) is -0.536. The van der Waals surface area contributed by atoms with Gasteiger partial charge in [0.25, 0.3) is 0 Å². The predicted molar refractivity (Wildman–Crippen MR) is 124 cm³/mol. The third kappa shape index (κ3) is 3.51. The van der Waals surface area contributed by atoms with Gasteiger partial charge >= 0.3 is 0 Å². The van der Waals surface area contributed by atoms with E-state index in [4.69, 9.17) is 9.72 Å². The molecule has 3 rings (SSSR count). The lowest BCUT2D eigenvalue weighted by atomic mass is 10.0. The Morgan fingerprint density at radius 1 is 1.07 bits per heavy atom. The van der Waals surface area contributed by atoms with E-state index in [1.54, 1.807) is 6.07 Å². The maximum atomic E-state index is 14.6. The molecule has 0 aliphatic heterocycles. The van der Waals surface area contributed by atoms with E-state index in [0.717, 1.165) is 22.7 Å². The number of nitrogens with zero attached hydrogens (tertiary/aromatic N) is 2. The van der Waals surface area contributed by atoms with Gasteiger partial charge in [-0.2, -0.15) is 0 Å². The molecule has 0 saturated heterocycles. The number of hydrogen-bond donors (Lipinski definition) is 1. The fourth-order valence-corrected chi connectivity index (χ4v) is 12.1. The number of phenols is 1. The van der Waals surface area contributed by atoms with Gasteiger partial charge < -0.3 is 14.1 Å². The lowest BCUT2D eigenvalue weighted by Crippen LogP contribution is -2.51. The lowest BCUT2D eigenvalue weighted by molar-refractivity contribution is 0.370. The Kier molecular flexibility index (Phi) is 6.27. The minimum atomic E-state index is -2.01. The molecule has 1 aromatic carbocycles. The highest BCUT2D eigenvalue weighted by Crippen LogP contribution is 2.44. The summed E-state index contributed by atoms with van der Waals surface area (Å²) in [6.45, 7) is 13.9. The van der Waals surface area contributed by atoms with Gasteiger partial charge in [-0.05, 0) is 45.9 Å². The van der Waals surface area contributed by atoms with E-state index in [1.807, 2.05) is 12.3 Å². The zero-order chi connectivity index (χ0) is 22.2. The van der Waals surface area contributed by atoms with Crippen LogP contribution in [0.1, 0.15) is 52.7 Å². The normalized spacial score (nSPS) is 12.5. The molecule has 2 heterocycles. The number of rotatable bonds is 7. The summed E-state index contributed by atoms with van der Waals surface area (Å²) in [5, 5.41) is 10.9. The van der Waals surface area contributed by atoms with Crippen LogP contribution in [-0.2, 0) is 6.42 Å². The van der Waals surface area contributed by atoms with Crippen LogP contribution in [0.4, 0.5) is 4.39 Å². The zero-order valence-electron chi connectivity index (χ0n) is 19.0. The molecule has 4 nitrogen and oxygen atoms in total. The van der Waals surface area contributed by atoms with Gasteiger partial charge in [0.15, 0.2) is 19.7 Å². The molecule has 30 heavy (non-hydrogen) atoms. The lowest BCUT2D eigenvalue weighted by Gasteiger charge is -2.44. The monoisotopic (exact) mass is 428 g/mol. The Morgan fingerprint density at radius 3 is 2.27 bits per heavy atom. The molecule has 162 valence electrons. The Hall–Kier alpha value is -2.34. The Labute approximate surface area is 179 Å². The number of benzene rings is 1. The summed E-state index contributed by atoms with van der Waals surface area (Å²) < 4.78 is 22.3. The van der Waals surface area contributed by atoms with Crippen molar-refractivity contribution >= 4 is 19.3 Å². The molecule has 3 aromatic rings. The number of fused-ring (bicyclic) bond motifs is 1. The number of methoxy groups -OCH3 is 1. The smallest absolute Gasteiger partial charge is 0.171 e. The first-order valence-electron chi connectivity index (χ1n) is 10.6. The average molecular weight is 429 g/mol. The first-order chi connectivity index (χ1) is 14.1. The molecule has 0 unspecified atom stereocenters. The van der Waals surface area contributed by atoms with E-state index in [-0.39, 0.29) is 11.5 Å². The molecule has 0 amide bonds. The second kappa shape index (κ2) is 8.42. The summed E-state index contributed by atoms with van der Waals surface area (Å²) in [6, 6.07) is 6.72. The predicted octanol–water partition coefficient (Wildman–Crippen LogP) is 6.50. The number of phenolic OH excluding ortho intramolecular Hbond substituents is 1. The molecular weight excluding hydrogens is 395 g/mol. The molecule has 0 aliphatic rings. The highest BCUT2D eigenvalue weighted by atomic mass is 28.3. The quantitative estimate of drug-likeness (QED) is 0.437. The maximum absolute atomic E-state index is 14.6. The van der Waals surface area contributed by atoms with E-state index >= 15 is 0 Å². The van der Waals surface area contributed by atoms with Crippen LogP contribution in [0.5, 0.6) is 11.5 Å². The van der Waals surface area contributed by atoms with Crippen molar-refractivity contribution in [2.75, 3.05) is 7.11 Å². The van der Waals surface area contributed by atoms with Gasteiger partial charge in [-0.1, -0.05) is 41.5 Å².